The molecule has 31 heavy (non-hydrogen) atoms. The molecule has 9 nitrogen and oxygen atoms in total. The van der Waals surface area contributed by atoms with E-state index in [9.17, 15) is 9.59 Å². The van der Waals surface area contributed by atoms with Crippen molar-refractivity contribution in [2.24, 2.45) is 0 Å². The second kappa shape index (κ2) is 10.4. The van der Waals surface area contributed by atoms with Crippen LogP contribution in [0.25, 0.3) is 0 Å². The van der Waals surface area contributed by atoms with Gasteiger partial charge in [0.15, 0.2) is 11.1 Å². The van der Waals surface area contributed by atoms with Gasteiger partial charge < -0.3 is 24.3 Å². The maximum Gasteiger partial charge on any atom is 0.347 e. The van der Waals surface area contributed by atoms with Crippen molar-refractivity contribution >= 4 is 28.9 Å². The van der Waals surface area contributed by atoms with E-state index < -0.39 is 18.0 Å². The first-order chi connectivity index (χ1) is 15.0. The SMILES string of the molecule is COc1ccc(NC(=O)c2nnc(COC(=O)C(C)Oc3ccc(OC)cc3)s2)cc1. The van der Waals surface area contributed by atoms with Crippen LogP contribution in [0.15, 0.2) is 48.5 Å². The molecule has 0 saturated heterocycles. The monoisotopic (exact) mass is 443 g/mol. The molecule has 162 valence electrons. The summed E-state index contributed by atoms with van der Waals surface area (Å²) in [4.78, 5) is 24.5. The van der Waals surface area contributed by atoms with Crippen LogP contribution in [0, 0.1) is 0 Å². The number of hydrogen-bond donors (Lipinski definition) is 1. The van der Waals surface area contributed by atoms with E-state index in [0.717, 1.165) is 11.3 Å². The number of methoxy groups -OCH3 is 2. The first-order valence-electron chi connectivity index (χ1n) is 9.23. The van der Waals surface area contributed by atoms with E-state index in [1.165, 1.54) is 0 Å². The lowest BCUT2D eigenvalue weighted by Gasteiger charge is -2.13. The minimum absolute atomic E-state index is 0.109. The van der Waals surface area contributed by atoms with Gasteiger partial charge in [-0.1, -0.05) is 11.3 Å². The van der Waals surface area contributed by atoms with E-state index in [2.05, 4.69) is 15.5 Å². The van der Waals surface area contributed by atoms with Crippen molar-refractivity contribution in [3.63, 3.8) is 0 Å². The maximum atomic E-state index is 12.3. The summed E-state index contributed by atoms with van der Waals surface area (Å²) in [6, 6.07) is 13.7. The van der Waals surface area contributed by atoms with Gasteiger partial charge in [0.05, 0.1) is 14.2 Å². The number of anilines is 1. The fourth-order valence-corrected chi connectivity index (χ4v) is 3.07. The number of hydrogen-bond acceptors (Lipinski definition) is 9. The van der Waals surface area contributed by atoms with Crippen LogP contribution in [0.3, 0.4) is 0 Å². The molecular formula is C21H21N3O6S. The number of aromatic nitrogens is 2. The van der Waals surface area contributed by atoms with Crippen molar-refractivity contribution in [2.45, 2.75) is 19.6 Å². The Bertz CT molecular complexity index is 1020. The lowest BCUT2D eigenvalue weighted by molar-refractivity contribution is -0.152. The third kappa shape index (κ3) is 6.16. The highest BCUT2D eigenvalue weighted by atomic mass is 32.1. The number of esters is 1. The number of carbonyl (C=O) groups excluding carboxylic acids is 2. The summed E-state index contributed by atoms with van der Waals surface area (Å²) in [7, 11) is 3.13. The van der Waals surface area contributed by atoms with Gasteiger partial charge in [0.25, 0.3) is 5.91 Å². The zero-order chi connectivity index (χ0) is 22.2. The van der Waals surface area contributed by atoms with E-state index in [0.29, 0.717) is 27.9 Å². The molecule has 1 heterocycles. The van der Waals surface area contributed by atoms with E-state index in [1.807, 2.05) is 0 Å². The number of carbonyl (C=O) groups is 2. The third-order valence-electron chi connectivity index (χ3n) is 4.05. The molecule has 10 heteroatoms. The van der Waals surface area contributed by atoms with E-state index in [-0.39, 0.29) is 11.6 Å². The summed E-state index contributed by atoms with van der Waals surface area (Å²) >= 11 is 1.04. The molecule has 1 unspecified atom stereocenters. The second-order valence-corrected chi connectivity index (χ2v) is 7.29. The number of nitrogens with zero attached hydrogens (tertiary/aromatic N) is 2. The zero-order valence-corrected chi connectivity index (χ0v) is 18.0. The molecule has 2 aromatic carbocycles. The Kier molecular flexibility index (Phi) is 7.39. The van der Waals surface area contributed by atoms with Crippen LogP contribution in [0.1, 0.15) is 21.7 Å². The van der Waals surface area contributed by atoms with Gasteiger partial charge in [0.2, 0.25) is 5.01 Å². The predicted molar refractivity (Wildman–Crippen MR) is 114 cm³/mol. The van der Waals surface area contributed by atoms with Crippen LogP contribution in [0.5, 0.6) is 17.2 Å². The van der Waals surface area contributed by atoms with E-state index in [1.54, 1.807) is 69.7 Å². The Balaban J connectivity index is 1.49. The van der Waals surface area contributed by atoms with Crippen LogP contribution in [0.4, 0.5) is 5.69 Å². The average Bonchev–Trinajstić information content (AvgIpc) is 3.27. The van der Waals surface area contributed by atoms with Crippen molar-refractivity contribution in [1.82, 2.24) is 10.2 Å². The first kappa shape index (κ1) is 22.0. The van der Waals surface area contributed by atoms with Gasteiger partial charge >= 0.3 is 5.97 Å². The number of amides is 1. The second-order valence-electron chi connectivity index (χ2n) is 6.23. The molecule has 3 rings (SSSR count). The largest absolute Gasteiger partial charge is 0.497 e. The molecule has 1 aromatic heterocycles. The minimum atomic E-state index is -0.820. The lowest BCUT2D eigenvalue weighted by Crippen LogP contribution is -2.26. The molecule has 1 N–H and O–H groups in total. The average molecular weight is 443 g/mol. The number of rotatable bonds is 9. The summed E-state index contributed by atoms with van der Waals surface area (Å²) in [5.41, 5.74) is 0.596. The Morgan fingerprint density at radius 1 is 0.935 bits per heavy atom. The third-order valence-corrected chi connectivity index (χ3v) is 4.95. The summed E-state index contributed by atoms with van der Waals surface area (Å²) in [5.74, 6) is 0.916. The van der Waals surface area contributed by atoms with Gasteiger partial charge in [-0.05, 0) is 55.5 Å². The Morgan fingerprint density at radius 3 is 2.13 bits per heavy atom. The molecule has 0 aliphatic rings. The molecule has 1 atom stereocenters. The summed E-state index contributed by atoms with van der Waals surface area (Å²) in [5, 5.41) is 11.0. The molecule has 3 aromatic rings. The van der Waals surface area contributed by atoms with Crippen LogP contribution < -0.4 is 19.5 Å². The topological polar surface area (TPSA) is 109 Å². The van der Waals surface area contributed by atoms with E-state index >= 15 is 0 Å². The molecule has 0 bridgehead atoms. The van der Waals surface area contributed by atoms with Crippen LogP contribution in [-0.4, -0.2) is 42.4 Å². The van der Waals surface area contributed by atoms with Gasteiger partial charge in [0.1, 0.15) is 23.9 Å². The Morgan fingerprint density at radius 2 is 1.52 bits per heavy atom. The highest BCUT2D eigenvalue weighted by molar-refractivity contribution is 7.13. The smallest absolute Gasteiger partial charge is 0.347 e. The molecule has 0 spiro atoms. The maximum absolute atomic E-state index is 12.3. The summed E-state index contributed by atoms with van der Waals surface area (Å²) < 4.78 is 20.9. The number of nitrogens with one attached hydrogen (secondary N) is 1. The normalized spacial score (nSPS) is 11.3. The fourth-order valence-electron chi connectivity index (χ4n) is 2.42. The molecule has 0 saturated carbocycles. The molecule has 0 fully saturated rings. The van der Waals surface area contributed by atoms with Gasteiger partial charge in [-0.15, -0.1) is 10.2 Å². The molecular weight excluding hydrogens is 422 g/mol. The highest BCUT2D eigenvalue weighted by Gasteiger charge is 2.19. The van der Waals surface area contributed by atoms with Gasteiger partial charge in [0, 0.05) is 5.69 Å². The van der Waals surface area contributed by atoms with Crippen LogP contribution in [-0.2, 0) is 16.1 Å². The first-order valence-corrected chi connectivity index (χ1v) is 10.0. The highest BCUT2D eigenvalue weighted by Crippen LogP contribution is 2.20. The fraction of sp³-hybridized carbons (Fsp3) is 0.238. The van der Waals surface area contributed by atoms with Crippen molar-refractivity contribution in [2.75, 3.05) is 19.5 Å². The van der Waals surface area contributed by atoms with Crippen LogP contribution in [0.2, 0.25) is 0 Å². The zero-order valence-electron chi connectivity index (χ0n) is 17.2. The number of benzene rings is 2. The van der Waals surface area contributed by atoms with Gasteiger partial charge in [-0.2, -0.15) is 0 Å². The summed E-state index contributed by atoms with van der Waals surface area (Å²) in [6.45, 7) is 1.48. The van der Waals surface area contributed by atoms with Crippen LogP contribution >= 0.6 is 11.3 Å². The summed E-state index contributed by atoms with van der Waals surface area (Å²) in [6.07, 6.45) is -0.820. The number of ether oxygens (including phenoxy) is 4. The molecule has 1 amide bonds. The van der Waals surface area contributed by atoms with Crippen molar-refractivity contribution < 1.29 is 28.5 Å². The molecule has 0 aliphatic heterocycles. The molecule has 0 radical (unpaired) electrons. The lowest BCUT2D eigenvalue weighted by atomic mass is 10.3. The molecule has 0 aliphatic carbocycles. The minimum Gasteiger partial charge on any atom is -0.497 e. The Hall–Kier alpha value is -3.66. The van der Waals surface area contributed by atoms with Crippen molar-refractivity contribution in [3.8, 4) is 17.2 Å². The van der Waals surface area contributed by atoms with Gasteiger partial charge in [-0.25, -0.2) is 4.79 Å². The standard InChI is InChI=1S/C21H21N3O6S/c1-13(30-17-10-8-16(28-3)9-11-17)21(26)29-12-18-23-24-20(31-18)19(25)22-14-4-6-15(27-2)7-5-14/h4-11,13H,12H2,1-3H3,(H,22,25). The van der Waals surface area contributed by atoms with Crippen molar-refractivity contribution in [3.05, 3.63) is 58.5 Å². The Labute approximate surface area is 182 Å². The van der Waals surface area contributed by atoms with E-state index in [4.69, 9.17) is 18.9 Å². The van der Waals surface area contributed by atoms with Crippen molar-refractivity contribution in [1.29, 1.82) is 0 Å². The van der Waals surface area contributed by atoms with Gasteiger partial charge in [-0.3, -0.25) is 4.79 Å². The quantitative estimate of drug-likeness (QED) is 0.502. The predicted octanol–water partition coefficient (Wildman–Crippen LogP) is 3.32.